The third-order valence-corrected chi connectivity index (χ3v) is 3.54. The minimum Gasteiger partial charge on any atom is -0.323 e. The van der Waals surface area contributed by atoms with Crippen molar-refractivity contribution in [1.82, 2.24) is 4.98 Å². The fourth-order valence-electron chi connectivity index (χ4n) is 1.32. The molecule has 1 atom stereocenters. The van der Waals surface area contributed by atoms with Crippen molar-refractivity contribution >= 4 is 23.4 Å². The van der Waals surface area contributed by atoms with E-state index < -0.39 is 0 Å². The SMILES string of the molecule is Cc1ccnc2c1NC(=O)C(C)CS2. The molecule has 2 heterocycles. The molecule has 74 valence electrons. The Balaban J connectivity index is 2.43. The summed E-state index contributed by atoms with van der Waals surface area (Å²) in [6.07, 6.45) is 1.78. The lowest BCUT2D eigenvalue weighted by molar-refractivity contribution is -0.118. The van der Waals surface area contributed by atoms with E-state index in [0.717, 1.165) is 22.0 Å². The summed E-state index contributed by atoms with van der Waals surface area (Å²) in [5, 5.41) is 3.85. The third kappa shape index (κ3) is 1.62. The van der Waals surface area contributed by atoms with E-state index in [-0.39, 0.29) is 11.8 Å². The zero-order valence-corrected chi connectivity index (χ0v) is 9.02. The van der Waals surface area contributed by atoms with Gasteiger partial charge in [-0.2, -0.15) is 0 Å². The Morgan fingerprint density at radius 2 is 2.43 bits per heavy atom. The number of thioether (sulfide) groups is 1. The predicted octanol–water partition coefficient (Wildman–Crippen LogP) is 2.07. The van der Waals surface area contributed by atoms with Gasteiger partial charge in [-0.1, -0.05) is 6.92 Å². The van der Waals surface area contributed by atoms with Crippen LogP contribution in [0.4, 0.5) is 5.69 Å². The summed E-state index contributed by atoms with van der Waals surface area (Å²) in [6.45, 7) is 3.92. The molecule has 4 heteroatoms. The first kappa shape index (κ1) is 9.52. The molecule has 1 aliphatic heterocycles. The van der Waals surface area contributed by atoms with E-state index >= 15 is 0 Å². The highest BCUT2D eigenvalue weighted by Crippen LogP contribution is 2.32. The smallest absolute Gasteiger partial charge is 0.228 e. The molecule has 1 aliphatic rings. The van der Waals surface area contributed by atoms with Crippen LogP contribution in [0.25, 0.3) is 0 Å². The largest absolute Gasteiger partial charge is 0.323 e. The Labute approximate surface area is 87.3 Å². The number of aryl methyl sites for hydroxylation is 1. The Hall–Kier alpha value is -1.03. The van der Waals surface area contributed by atoms with Crippen molar-refractivity contribution in [1.29, 1.82) is 0 Å². The molecule has 0 spiro atoms. The maximum atomic E-state index is 11.6. The number of hydrogen-bond acceptors (Lipinski definition) is 3. The van der Waals surface area contributed by atoms with Gasteiger partial charge in [-0.3, -0.25) is 4.79 Å². The van der Waals surface area contributed by atoms with Gasteiger partial charge in [-0.05, 0) is 18.6 Å². The van der Waals surface area contributed by atoms with Crippen molar-refractivity contribution in [3.8, 4) is 0 Å². The zero-order valence-electron chi connectivity index (χ0n) is 8.20. The standard InChI is InChI=1S/C10H12N2OS/c1-6-3-4-11-10-8(6)12-9(13)7(2)5-14-10/h3-4,7H,5H2,1-2H3,(H,12,13). The average molecular weight is 208 g/mol. The van der Waals surface area contributed by atoms with Crippen molar-refractivity contribution in [3.63, 3.8) is 0 Å². The average Bonchev–Trinajstić information content (AvgIpc) is 2.30. The van der Waals surface area contributed by atoms with Crippen LogP contribution in [0.5, 0.6) is 0 Å². The minimum atomic E-state index is 0.0496. The Kier molecular flexibility index (Phi) is 2.46. The molecule has 1 N–H and O–H groups in total. The van der Waals surface area contributed by atoms with Crippen LogP contribution in [-0.2, 0) is 4.79 Å². The first-order valence-electron chi connectivity index (χ1n) is 4.58. The highest BCUT2D eigenvalue weighted by molar-refractivity contribution is 7.99. The zero-order chi connectivity index (χ0) is 10.1. The summed E-state index contributed by atoms with van der Waals surface area (Å²) in [7, 11) is 0. The Bertz CT molecular complexity index is 378. The third-order valence-electron chi connectivity index (χ3n) is 2.29. The van der Waals surface area contributed by atoms with Gasteiger partial charge in [0.2, 0.25) is 5.91 Å². The van der Waals surface area contributed by atoms with E-state index in [1.807, 2.05) is 19.9 Å². The molecule has 0 saturated heterocycles. The molecule has 0 aromatic carbocycles. The summed E-state index contributed by atoms with van der Waals surface area (Å²) >= 11 is 1.64. The fourth-order valence-corrected chi connectivity index (χ4v) is 2.37. The summed E-state index contributed by atoms with van der Waals surface area (Å²) in [5.74, 6) is 0.941. The van der Waals surface area contributed by atoms with Gasteiger partial charge >= 0.3 is 0 Å². The second-order valence-corrected chi connectivity index (χ2v) is 4.52. The van der Waals surface area contributed by atoms with Crippen molar-refractivity contribution in [2.45, 2.75) is 18.9 Å². The number of aromatic nitrogens is 1. The van der Waals surface area contributed by atoms with Crippen molar-refractivity contribution in [2.24, 2.45) is 5.92 Å². The normalized spacial score (nSPS) is 21.0. The maximum Gasteiger partial charge on any atom is 0.228 e. The van der Waals surface area contributed by atoms with Crippen LogP contribution in [0, 0.1) is 12.8 Å². The molecule has 14 heavy (non-hydrogen) atoms. The van der Waals surface area contributed by atoms with Crippen LogP contribution in [-0.4, -0.2) is 16.6 Å². The summed E-state index contributed by atoms with van der Waals surface area (Å²) in [6, 6.07) is 1.91. The number of hydrogen-bond donors (Lipinski definition) is 1. The lowest BCUT2D eigenvalue weighted by atomic mass is 10.2. The minimum absolute atomic E-state index is 0.0496. The van der Waals surface area contributed by atoms with Gasteiger partial charge in [0.25, 0.3) is 0 Å². The number of rotatable bonds is 0. The second kappa shape index (κ2) is 3.61. The van der Waals surface area contributed by atoms with Crippen LogP contribution >= 0.6 is 11.8 Å². The molecule has 1 aromatic rings. The molecule has 1 aromatic heterocycles. The lowest BCUT2D eigenvalue weighted by Gasteiger charge is -2.08. The quantitative estimate of drug-likeness (QED) is 0.709. The second-order valence-electron chi connectivity index (χ2n) is 3.51. The molecule has 2 rings (SSSR count). The summed E-state index contributed by atoms with van der Waals surface area (Å²) in [5.41, 5.74) is 1.96. The Morgan fingerprint density at radius 3 is 3.21 bits per heavy atom. The van der Waals surface area contributed by atoms with Crippen molar-refractivity contribution in [2.75, 3.05) is 11.1 Å². The number of nitrogens with zero attached hydrogens (tertiary/aromatic N) is 1. The highest BCUT2D eigenvalue weighted by Gasteiger charge is 2.21. The molecule has 0 radical (unpaired) electrons. The van der Waals surface area contributed by atoms with Gasteiger partial charge < -0.3 is 5.32 Å². The van der Waals surface area contributed by atoms with E-state index in [1.165, 1.54) is 0 Å². The van der Waals surface area contributed by atoms with E-state index in [1.54, 1.807) is 18.0 Å². The highest BCUT2D eigenvalue weighted by atomic mass is 32.2. The number of carbonyl (C=O) groups excluding carboxylic acids is 1. The number of carbonyl (C=O) groups is 1. The molecule has 0 fully saturated rings. The molecular formula is C10H12N2OS. The van der Waals surface area contributed by atoms with Gasteiger partial charge in [-0.15, -0.1) is 11.8 Å². The number of amides is 1. The van der Waals surface area contributed by atoms with Gasteiger partial charge in [0.15, 0.2) is 0 Å². The lowest BCUT2D eigenvalue weighted by Crippen LogP contribution is -2.20. The topological polar surface area (TPSA) is 42.0 Å². The molecular weight excluding hydrogens is 196 g/mol. The number of nitrogens with one attached hydrogen (secondary N) is 1. The first-order chi connectivity index (χ1) is 6.68. The van der Waals surface area contributed by atoms with Gasteiger partial charge in [0.05, 0.1) is 5.69 Å². The van der Waals surface area contributed by atoms with E-state index in [4.69, 9.17) is 0 Å². The van der Waals surface area contributed by atoms with Crippen LogP contribution in [0.15, 0.2) is 17.3 Å². The van der Waals surface area contributed by atoms with Crippen molar-refractivity contribution in [3.05, 3.63) is 17.8 Å². The number of fused-ring (bicyclic) bond motifs is 1. The van der Waals surface area contributed by atoms with Crippen LogP contribution in [0.2, 0.25) is 0 Å². The van der Waals surface area contributed by atoms with Crippen LogP contribution in [0.1, 0.15) is 12.5 Å². The summed E-state index contributed by atoms with van der Waals surface area (Å²) in [4.78, 5) is 15.8. The first-order valence-corrected chi connectivity index (χ1v) is 5.56. The van der Waals surface area contributed by atoms with Gasteiger partial charge in [0.1, 0.15) is 5.03 Å². The summed E-state index contributed by atoms with van der Waals surface area (Å²) < 4.78 is 0. The number of anilines is 1. The van der Waals surface area contributed by atoms with Gasteiger partial charge in [0, 0.05) is 17.9 Å². The van der Waals surface area contributed by atoms with Gasteiger partial charge in [-0.25, -0.2) is 4.98 Å². The molecule has 3 nitrogen and oxygen atoms in total. The van der Waals surface area contributed by atoms with E-state index in [9.17, 15) is 4.79 Å². The van der Waals surface area contributed by atoms with Crippen molar-refractivity contribution < 1.29 is 4.79 Å². The molecule has 0 aliphatic carbocycles. The monoisotopic (exact) mass is 208 g/mol. The molecule has 1 amide bonds. The van der Waals surface area contributed by atoms with E-state index in [0.29, 0.717) is 0 Å². The molecule has 0 saturated carbocycles. The molecule has 1 unspecified atom stereocenters. The fraction of sp³-hybridized carbons (Fsp3) is 0.400. The predicted molar refractivity (Wildman–Crippen MR) is 57.5 cm³/mol. The number of pyridine rings is 1. The maximum absolute atomic E-state index is 11.6. The van der Waals surface area contributed by atoms with E-state index in [2.05, 4.69) is 10.3 Å². The Morgan fingerprint density at radius 1 is 1.64 bits per heavy atom. The van der Waals surface area contributed by atoms with Crippen LogP contribution < -0.4 is 5.32 Å². The van der Waals surface area contributed by atoms with Crippen LogP contribution in [0.3, 0.4) is 0 Å². The molecule has 0 bridgehead atoms.